The zero-order chi connectivity index (χ0) is 11.7. The quantitative estimate of drug-likeness (QED) is 0.831. The number of rotatable bonds is 3. The van der Waals surface area contributed by atoms with Crippen LogP contribution >= 0.6 is 0 Å². The summed E-state index contributed by atoms with van der Waals surface area (Å²) in [6.45, 7) is 3.82. The van der Waals surface area contributed by atoms with Gasteiger partial charge in [-0.2, -0.15) is 5.10 Å². The van der Waals surface area contributed by atoms with Gasteiger partial charge >= 0.3 is 5.97 Å². The molecule has 0 aliphatic heterocycles. The van der Waals surface area contributed by atoms with Gasteiger partial charge in [0.2, 0.25) is 0 Å². The number of benzene rings is 1. The molecular formula is C12H14N2O2. The fourth-order valence-electron chi connectivity index (χ4n) is 2.03. The van der Waals surface area contributed by atoms with Crippen LogP contribution in [0.4, 0.5) is 0 Å². The fourth-order valence-corrected chi connectivity index (χ4v) is 2.03. The lowest BCUT2D eigenvalue weighted by atomic mass is 9.87. The molecule has 16 heavy (non-hydrogen) atoms. The minimum absolute atomic E-state index is 0.0476. The van der Waals surface area contributed by atoms with Crippen LogP contribution in [-0.2, 0) is 4.79 Å². The average Bonchev–Trinajstić information content (AvgIpc) is 2.65. The molecule has 2 rings (SSSR count). The van der Waals surface area contributed by atoms with E-state index < -0.39 is 11.9 Å². The number of carboxylic acid groups (broad SMARTS) is 1. The van der Waals surface area contributed by atoms with E-state index in [4.69, 9.17) is 0 Å². The summed E-state index contributed by atoms with van der Waals surface area (Å²) in [4.78, 5) is 11.3. The van der Waals surface area contributed by atoms with Crippen LogP contribution in [0.3, 0.4) is 0 Å². The summed E-state index contributed by atoms with van der Waals surface area (Å²) >= 11 is 0. The minimum atomic E-state index is -0.794. The Hall–Kier alpha value is -1.84. The first-order chi connectivity index (χ1) is 7.61. The smallest absolute Gasteiger partial charge is 0.311 e. The highest BCUT2D eigenvalue weighted by atomic mass is 16.4. The van der Waals surface area contributed by atoms with E-state index in [-0.39, 0.29) is 5.92 Å². The molecule has 0 aliphatic carbocycles. The molecule has 84 valence electrons. The Morgan fingerprint density at radius 2 is 2.19 bits per heavy atom. The molecule has 1 atom stereocenters. The molecule has 4 nitrogen and oxygen atoms in total. The van der Waals surface area contributed by atoms with Crippen LogP contribution in [0.15, 0.2) is 24.4 Å². The Bertz CT molecular complexity index is 516. The van der Waals surface area contributed by atoms with Crippen molar-refractivity contribution in [3.63, 3.8) is 0 Å². The summed E-state index contributed by atoms with van der Waals surface area (Å²) in [5, 5.41) is 17.0. The number of para-hydroxylation sites is 1. The normalized spacial score (nSPS) is 13.2. The van der Waals surface area contributed by atoms with Gasteiger partial charge in [0.15, 0.2) is 0 Å². The van der Waals surface area contributed by atoms with Crippen molar-refractivity contribution >= 4 is 16.9 Å². The molecule has 1 unspecified atom stereocenters. The van der Waals surface area contributed by atoms with Gasteiger partial charge in [-0.1, -0.05) is 32.0 Å². The van der Waals surface area contributed by atoms with Gasteiger partial charge in [0.25, 0.3) is 0 Å². The van der Waals surface area contributed by atoms with Crippen LogP contribution in [0.25, 0.3) is 10.9 Å². The number of carbonyl (C=O) groups is 1. The number of hydrogen-bond acceptors (Lipinski definition) is 2. The summed E-state index contributed by atoms with van der Waals surface area (Å²) in [5.74, 6) is -1.24. The number of nitrogens with zero attached hydrogens (tertiary/aromatic N) is 1. The third-order valence-corrected chi connectivity index (χ3v) is 2.78. The summed E-state index contributed by atoms with van der Waals surface area (Å²) in [6.07, 6.45) is 1.71. The zero-order valence-electron chi connectivity index (χ0n) is 9.27. The van der Waals surface area contributed by atoms with Crippen molar-refractivity contribution in [2.24, 2.45) is 5.92 Å². The van der Waals surface area contributed by atoms with Crippen molar-refractivity contribution in [3.05, 3.63) is 30.0 Å². The van der Waals surface area contributed by atoms with Gasteiger partial charge in [-0.15, -0.1) is 0 Å². The van der Waals surface area contributed by atoms with Crippen molar-refractivity contribution in [1.82, 2.24) is 10.2 Å². The number of aromatic amines is 1. The monoisotopic (exact) mass is 218 g/mol. The number of H-pyrrole nitrogens is 1. The van der Waals surface area contributed by atoms with E-state index in [1.165, 1.54) is 0 Å². The lowest BCUT2D eigenvalue weighted by Gasteiger charge is -2.17. The van der Waals surface area contributed by atoms with Gasteiger partial charge in [0, 0.05) is 5.39 Å². The van der Waals surface area contributed by atoms with Crippen molar-refractivity contribution in [1.29, 1.82) is 0 Å². The molecule has 0 bridgehead atoms. The Labute approximate surface area is 93.3 Å². The maximum Gasteiger partial charge on any atom is 0.311 e. The number of fused-ring (bicyclic) bond motifs is 1. The lowest BCUT2D eigenvalue weighted by Crippen LogP contribution is -2.17. The standard InChI is InChI=1S/C12H14N2O2/c1-7(2)10(12(15)16)9-5-3-4-8-6-13-14-11(8)9/h3-7,10H,1-2H3,(H,13,14)(H,15,16). The Morgan fingerprint density at radius 1 is 1.44 bits per heavy atom. The molecule has 2 aromatic rings. The predicted octanol–water partition coefficient (Wildman–Crippen LogP) is 2.39. The van der Waals surface area contributed by atoms with Crippen molar-refractivity contribution in [2.75, 3.05) is 0 Å². The van der Waals surface area contributed by atoms with Gasteiger partial charge in [0.05, 0.1) is 17.6 Å². The van der Waals surface area contributed by atoms with E-state index in [0.29, 0.717) is 0 Å². The molecule has 2 N–H and O–H groups in total. The maximum atomic E-state index is 11.3. The maximum absolute atomic E-state index is 11.3. The van der Waals surface area contributed by atoms with Crippen LogP contribution in [0.2, 0.25) is 0 Å². The highest BCUT2D eigenvalue weighted by molar-refractivity contribution is 5.87. The number of aliphatic carboxylic acids is 1. The van der Waals surface area contributed by atoms with Crippen LogP contribution in [0.5, 0.6) is 0 Å². The fraction of sp³-hybridized carbons (Fsp3) is 0.333. The average molecular weight is 218 g/mol. The molecule has 0 saturated heterocycles. The van der Waals surface area contributed by atoms with E-state index in [0.717, 1.165) is 16.5 Å². The first-order valence-corrected chi connectivity index (χ1v) is 5.26. The molecule has 1 heterocycles. The van der Waals surface area contributed by atoms with E-state index in [1.807, 2.05) is 32.0 Å². The van der Waals surface area contributed by atoms with Crippen LogP contribution in [-0.4, -0.2) is 21.3 Å². The Morgan fingerprint density at radius 3 is 2.81 bits per heavy atom. The predicted molar refractivity (Wildman–Crippen MR) is 61.3 cm³/mol. The molecule has 0 aliphatic rings. The third kappa shape index (κ3) is 1.66. The molecule has 0 amide bonds. The molecule has 1 aromatic carbocycles. The van der Waals surface area contributed by atoms with Gasteiger partial charge in [-0.05, 0) is 11.5 Å². The highest BCUT2D eigenvalue weighted by Gasteiger charge is 2.25. The Balaban J connectivity index is 2.60. The van der Waals surface area contributed by atoms with Crippen LogP contribution in [0, 0.1) is 5.92 Å². The summed E-state index contributed by atoms with van der Waals surface area (Å²) in [5.41, 5.74) is 1.63. The molecule has 0 fully saturated rings. The van der Waals surface area contributed by atoms with Gasteiger partial charge in [-0.3, -0.25) is 9.89 Å². The van der Waals surface area contributed by atoms with E-state index in [2.05, 4.69) is 10.2 Å². The number of nitrogens with one attached hydrogen (secondary N) is 1. The third-order valence-electron chi connectivity index (χ3n) is 2.78. The van der Waals surface area contributed by atoms with E-state index in [1.54, 1.807) is 6.20 Å². The summed E-state index contributed by atoms with van der Waals surface area (Å²) < 4.78 is 0. The SMILES string of the molecule is CC(C)C(C(=O)O)c1cccc2cn[nH]c12. The number of aromatic nitrogens is 2. The largest absolute Gasteiger partial charge is 0.481 e. The lowest BCUT2D eigenvalue weighted by molar-refractivity contribution is -0.139. The molecule has 0 saturated carbocycles. The number of carboxylic acids is 1. The Kier molecular flexibility index (Phi) is 2.64. The van der Waals surface area contributed by atoms with E-state index in [9.17, 15) is 9.90 Å². The topological polar surface area (TPSA) is 66.0 Å². The number of hydrogen-bond donors (Lipinski definition) is 2. The van der Waals surface area contributed by atoms with Gasteiger partial charge < -0.3 is 5.11 Å². The van der Waals surface area contributed by atoms with Crippen molar-refractivity contribution in [2.45, 2.75) is 19.8 Å². The van der Waals surface area contributed by atoms with Gasteiger partial charge in [0.1, 0.15) is 0 Å². The second-order valence-electron chi connectivity index (χ2n) is 4.24. The second kappa shape index (κ2) is 3.96. The summed E-state index contributed by atoms with van der Waals surface area (Å²) in [6, 6.07) is 5.63. The summed E-state index contributed by atoms with van der Waals surface area (Å²) in [7, 11) is 0. The molecular weight excluding hydrogens is 204 g/mol. The zero-order valence-corrected chi connectivity index (χ0v) is 9.27. The minimum Gasteiger partial charge on any atom is -0.481 e. The van der Waals surface area contributed by atoms with Gasteiger partial charge in [-0.25, -0.2) is 0 Å². The first-order valence-electron chi connectivity index (χ1n) is 5.26. The molecule has 0 radical (unpaired) electrons. The first kappa shape index (κ1) is 10.7. The highest BCUT2D eigenvalue weighted by Crippen LogP contribution is 2.29. The van der Waals surface area contributed by atoms with Crippen LogP contribution < -0.4 is 0 Å². The van der Waals surface area contributed by atoms with Crippen molar-refractivity contribution in [3.8, 4) is 0 Å². The van der Waals surface area contributed by atoms with Crippen molar-refractivity contribution < 1.29 is 9.90 Å². The van der Waals surface area contributed by atoms with E-state index >= 15 is 0 Å². The molecule has 0 spiro atoms. The molecule has 1 aromatic heterocycles. The molecule has 4 heteroatoms. The van der Waals surface area contributed by atoms with Crippen LogP contribution in [0.1, 0.15) is 25.3 Å². The second-order valence-corrected chi connectivity index (χ2v) is 4.24.